The number of halogens is 1. The number of methoxy groups -OCH3 is 1. The van der Waals surface area contributed by atoms with Gasteiger partial charge in [0.25, 0.3) is 0 Å². The molecule has 1 saturated heterocycles. The summed E-state index contributed by atoms with van der Waals surface area (Å²) in [5, 5.41) is 0. The van der Waals surface area contributed by atoms with E-state index in [2.05, 4.69) is 0 Å². The average molecular weight is 293 g/mol. The number of nitrogens with zero attached hydrogens (tertiary/aromatic N) is 1. The molecule has 0 saturated carbocycles. The highest BCUT2D eigenvalue weighted by atomic mass is 19.1. The van der Waals surface area contributed by atoms with E-state index in [4.69, 9.17) is 4.74 Å². The highest BCUT2D eigenvalue weighted by Crippen LogP contribution is 2.31. The van der Waals surface area contributed by atoms with Gasteiger partial charge in [0.15, 0.2) is 0 Å². The van der Waals surface area contributed by atoms with Crippen molar-refractivity contribution in [3.8, 4) is 0 Å². The zero-order valence-corrected chi connectivity index (χ0v) is 12.4. The molecule has 0 spiro atoms. The maximum absolute atomic E-state index is 12.8. The molecule has 0 aliphatic carbocycles. The minimum atomic E-state index is -0.597. The zero-order valence-electron chi connectivity index (χ0n) is 12.4. The van der Waals surface area contributed by atoms with Crippen molar-refractivity contribution < 1.29 is 18.7 Å². The van der Waals surface area contributed by atoms with Crippen LogP contribution in [0.2, 0.25) is 0 Å². The molecule has 114 valence electrons. The summed E-state index contributed by atoms with van der Waals surface area (Å²) < 4.78 is 17.6. The van der Waals surface area contributed by atoms with Gasteiger partial charge in [-0.25, -0.2) is 4.39 Å². The van der Waals surface area contributed by atoms with Crippen molar-refractivity contribution in [1.82, 2.24) is 4.90 Å². The molecule has 0 N–H and O–H groups in total. The maximum atomic E-state index is 12.8. The molecule has 1 atom stereocenters. The number of amides is 1. The Bertz CT molecular complexity index is 529. The van der Waals surface area contributed by atoms with Gasteiger partial charge in [0.2, 0.25) is 5.91 Å². The van der Waals surface area contributed by atoms with Crippen molar-refractivity contribution in [2.45, 2.75) is 26.2 Å². The molecule has 1 amide bonds. The molecule has 1 aromatic rings. The minimum Gasteiger partial charge on any atom is -0.469 e. The van der Waals surface area contributed by atoms with Crippen molar-refractivity contribution in [3.05, 3.63) is 35.6 Å². The second kappa shape index (κ2) is 6.24. The van der Waals surface area contributed by atoms with Gasteiger partial charge in [-0.1, -0.05) is 12.1 Å². The normalized spacial score (nSPS) is 21.4. The van der Waals surface area contributed by atoms with Gasteiger partial charge in [-0.3, -0.25) is 9.59 Å². The first-order valence-electron chi connectivity index (χ1n) is 7.05. The fraction of sp³-hybridized carbons (Fsp3) is 0.500. The van der Waals surface area contributed by atoms with E-state index >= 15 is 0 Å². The van der Waals surface area contributed by atoms with E-state index in [1.54, 1.807) is 17.0 Å². The Labute approximate surface area is 123 Å². The summed E-state index contributed by atoms with van der Waals surface area (Å²) in [7, 11) is 1.37. The number of carbonyl (C=O) groups excluding carboxylic acids is 2. The number of rotatable bonds is 4. The molecule has 1 aliphatic rings. The van der Waals surface area contributed by atoms with E-state index in [0.29, 0.717) is 32.4 Å². The Kier molecular flexibility index (Phi) is 4.60. The van der Waals surface area contributed by atoms with Crippen LogP contribution < -0.4 is 0 Å². The number of ether oxygens (including phenoxy) is 1. The Morgan fingerprint density at radius 3 is 2.62 bits per heavy atom. The summed E-state index contributed by atoms with van der Waals surface area (Å²) in [5.74, 6) is -0.526. The number of likely N-dealkylation sites (tertiary alicyclic amines) is 1. The Morgan fingerprint density at radius 2 is 2.00 bits per heavy atom. The van der Waals surface area contributed by atoms with Gasteiger partial charge in [0.1, 0.15) is 5.82 Å². The van der Waals surface area contributed by atoms with Crippen LogP contribution in [0.1, 0.15) is 25.3 Å². The lowest BCUT2D eigenvalue weighted by atomic mass is 9.90. The molecule has 4 nitrogen and oxygen atoms in total. The van der Waals surface area contributed by atoms with Crippen LogP contribution in [0.15, 0.2) is 24.3 Å². The van der Waals surface area contributed by atoms with Crippen molar-refractivity contribution in [1.29, 1.82) is 0 Å². The molecule has 1 heterocycles. The zero-order chi connectivity index (χ0) is 15.5. The third-order valence-electron chi connectivity index (χ3n) is 4.05. The van der Waals surface area contributed by atoms with Crippen LogP contribution in [0.25, 0.3) is 0 Å². The van der Waals surface area contributed by atoms with Crippen LogP contribution in [0.4, 0.5) is 4.39 Å². The highest BCUT2D eigenvalue weighted by Gasteiger charge is 2.42. The lowest BCUT2D eigenvalue weighted by Gasteiger charge is -2.21. The third-order valence-corrected chi connectivity index (χ3v) is 4.05. The van der Waals surface area contributed by atoms with E-state index in [1.165, 1.54) is 19.2 Å². The second-order valence-corrected chi connectivity index (χ2v) is 5.74. The number of hydrogen-bond acceptors (Lipinski definition) is 3. The first-order chi connectivity index (χ1) is 9.94. The molecule has 0 bridgehead atoms. The second-order valence-electron chi connectivity index (χ2n) is 5.74. The summed E-state index contributed by atoms with van der Waals surface area (Å²) >= 11 is 0. The molecule has 1 aliphatic heterocycles. The molecule has 5 heteroatoms. The molecule has 2 rings (SSSR count). The molecular formula is C16H20FNO3. The van der Waals surface area contributed by atoms with Crippen LogP contribution in [0.5, 0.6) is 0 Å². The van der Waals surface area contributed by atoms with Gasteiger partial charge in [-0.05, 0) is 37.5 Å². The third kappa shape index (κ3) is 3.60. The highest BCUT2D eigenvalue weighted by molar-refractivity contribution is 5.81. The van der Waals surface area contributed by atoms with Gasteiger partial charge in [-0.15, -0.1) is 0 Å². The lowest BCUT2D eigenvalue weighted by molar-refractivity contribution is -0.151. The van der Waals surface area contributed by atoms with Gasteiger partial charge in [-0.2, -0.15) is 0 Å². The molecular weight excluding hydrogens is 273 g/mol. The van der Waals surface area contributed by atoms with Gasteiger partial charge in [0, 0.05) is 19.5 Å². The van der Waals surface area contributed by atoms with Gasteiger partial charge in [0.05, 0.1) is 12.5 Å². The predicted molar refractivity (Wildman–Crippen MR) is 76.0 cm³/mol. The first-order valence-corrected chi connectivity index (χ1v) is 7.05. The molecule has 0 unspecified atom stereocenters. The number of hydrogen-bond donors (Lipinski definition) is 0. The van der Waals surface area contributed by atoms with E-state index in [1.807, 2.05) is 6.92 Å². The fourth-order valence-electron chi connectivity index (χ4n) is 2.65. The largest absolute Gasteiger partial charge is 0.469 e. The Morgan fingerprint density at radius 1 is 1.33 bits per heavy atom. The summed E-state index contributed by atoms with van der Waals surface area (Å²) in [6.45, 7) is 2.81. The Hall–Kier alpha value is -1.91. The van der Waals surface area contributed by atoms with Crippen LogP contribution in [0, 0.1) is 11.2 Å². The van der Waals surface area contributed by atoms with E-state index < -0.39 is 5.41 Å². The Balaban J connectivity index is 1.87. The first kappa shape index (κ1) is 15.5. The predicted octanol–water partition coefficient (Wildman–Crippen LogP) is 2.17. The molecule has 0 radical (unpaired) electrons. The molecule has 21 heavy (non-hydrogen) atoms. The average Bonchev–Trinajstić information content (AvgIpc) is 2.89. The van der Waals surface area contributed by atoms with Crippen LogP contribution in [-0.2, 0) is 20.7 Å². The summed E-state index contributed by atoms with van der Waals surface area (Å²) in [6.07, 6.45) is 1.56. The topological polar surface area (TPSA) is 46.6 Å². The van der Waals surface area contributed by atoms with E-state index in [0.717, 1.165) is 5.56 Å². The van der Waals surface area contributed by atoms with Crippen molar-refractivity contribution >= 4 is 11.9 Å². The fourth-order valence-corrected chi connectivity index (χ4v) is 2.65. The van der Waals surface area contributed by atoms with Crippen LogP contribution >= 0.6 is 0 Å². The molecule has 0 aromatic heterocycles. The van der Waals surface area contributed by atoms with Crippen molar-refractivity contribution in [2.24, 2.45) is 5.41 Å². The molecule has 1 aromatic carbocycles. The quantitative estimate of drug-likeness (QED) is 0.799. The van der Waals surface area contributed by atoms with Crippen LogP contribution in [-0.4, -0.2) is 37.0 Å². The van der Waals surface area contributed by atoms with Crippen LogP contribution in [0.3, 0.4) is 0 Å². The minimum absolute atomic E-state index is 0.0203. The number of carbonyl (C=O) groups is 2. The van der Waals surface area contributed by atoms with Crippen molar-refractivity contribution in [2.75, 3.05) is 20.2 Å². The van der Waals surface area contributed by atoms with Gasteiger partial charge < -0.3 is 9.64 Å². The number of aryl methyl sites for hydroxylation is 1. The summed E-state index contributed by atoms with van der Waals surface area (Å²) in [6, 6.07) is 6.16. The smallest absolute Gasteiger partial charge is 0.313 e. The number of esters is 1. The van der Waals surface area contributed by atoms with Gasteiger partial charge >= 0.3 is 5.97 Å². The lowest BCUT2D eigenvalue weighted by Crippen LogP contribution is -2.35. The summed E-state index contributed by atoms with van der Waals surface area (Å²) in [5.41, 5.74) is 0.333. The standard InChI is InChI=1S/C16H20FNO3/c1-16(15(20)21-2)9-10-18(11-16)14(19)8-5-12-3-6-13(17)7-4-12/h3-4,6-7H,5,8-11H2,1-2H3/t16-/m0/s1. The number of benzene rings is 1. The SMILES string of the molecule is COC(=O)[C@@]1(C)CCN(C(=O)CCc2ccc(F)cc2)C1. The van der Waals surface area contributed by atoms with E-state index in [9.17, 15) is 14.0 Å². The van der Waals surface area contributed by atoms with E-state index in [-0.39, 0.29) is 17.7 Å². The maximum Gasteiger partial charge on any atom is 0.313 e. The van der Waals surface area contributed by atoms with Crippen molar-refractivity contribution in [3.63, 3.8) is 0 Å². The summed E-state index contributed by atoms with van der Waals surface area (Å²) in [4.78, 5) is 25.6. The monoisotopic (exact) mass is 293 g/mol. The molecule has 1 fully saturated rings.